The van der Waals surface area contributed by atoms with Gasteiger partial charge in [-0.3, -0.25) is 5.10 Å². The molecular formula is C9H9ClN4. The van der Waals surface area contributed by atoms with E-state index in [9.17, 15) is 0 Å². The van der Waals surface area contributed by atoms with Crippen molar-refractivity contribution < 1.29 is 0 Å². The molecule has 0 aliphatic rings. The van der Waals surface area contributed by atoms with Crippen molar-refractivity contribution in [3.63, 3.8) is 0 Å². The number of pyridine rings is 1. The minimum absolute atomic E-state index is 0.486. The van der Waals surface area contributed by atoms with Crippen LogP contribution in [0, 0.1) is 0 Å². The zero-order valence-corrected chi connectivity index (χ0v) is 8.12. The molecule has 2 rings (SSSR count). The fraction of sp³-hybridized carbons (Fsp3) is 0.111. The van der Waals surface area contributed by atoms with Gasteiger partial charge in [0.15, 0.2) is 0 Å². The molecule has 14 heavy (non-hydrogen) atoms. The monoisotopic (exact) mass is 208 g/mol. The van der Waals surface area contributed by atoms with Gasteiger partial charge in [0.2, 0.25) is 0 Å². The number of aromatic nitrogens is 3. The van der Waals surface area contributed by atoms with Gasteiger partial charge in [0.25, 0.3) is 0 Å². The number of nitrogens with one attached hydrogen (secondary N) is 2. The van der Waals surface area contributed by atoms with Crippen LogP contribution in [0.2, 0.25) is 5.15 Å². The lowest BCUT2D eigenvalue weighted by Crippen LogP contribution is -1.99. The highest BCUT2D eigenvalue weighted by molar-refractivity contribution is 6.29. The molecule has 0 fully saturated rings. The number of rotatable bonds is 3. The molecule has 0 aromatic carbocycles. The van der Waals surface area contributed by atoms with Gasteiger partial charge in [-0.2, -0.15) is 5.10 Å². The van der Waals surface area contributed by atoms with E-state index in [4.69, 9.17) is 11.6 Å². The molecule has 0 saturated heterocycles. The van der Waals surface area contributed by atoms with Crippen LogP contribution in [-0.4, -0.2) is 15.2 Å². The highest BCUT2D eigenvalue weighted by Crippen LogP contribution is 2.12. The number of hydrogen-bond acceptors (Lipinski definition) is 3. The summed E-state index contributed by atoms with van der Waals surface area (Å²) in [6, 6.07) is 5.55. The summed E-state index contributed by atoms with van der Waals surface area (Å²) in [4.78, 5) is 3.89. The van der Waals surface area contributed by atoms with E-state index in [-0.39, 0.29) is 0 Å². The molecule has 0 radical (unpaired) electrons. The number of nitrogens with zero attached hydrogens (tertiary/aromatic N) is 2. The molecular weight excluding hydrogens is 200 g/mol. The van der Waals surface area contributed by atoms with E-state index in [1.165, 1.54) is 0 Å². The molecule has 2 aromatic rings. The average Bonchev–Trinajstić information content (AvgIpc) is 2.67. The number of halogens is 1. The standard InChI is InChI=1S/C9H9ClN4/c10-9-5-7(1-3-11-9)12-6-8-2-4-13-14-8/h1-5H,6H2,(H,11,12)(H,13,14). The zero-order valence-electron chi connectivity index (χ0n) is 7.37. The van der Waals surface area contributed by atoms with Gasteiger partial charge in [0.05, 0.1) is 12.2 Å². The van der Waals surface area contributed by atoms with Gasteiger partial charge in [-0.05, 0) is 18.2 Å². The summed E-state index contributed by atoms with van der Waals surface area (Å²) in [5.41, 5.74) is 1.97. The Balaban J connectivity index is 1.98. The van der Waals surface area contributed by atoms with Gasteiger partial charge in [-0.1, -0.05) is 11.6 Å². The van der Waals surface area contributed by atoms with Gasteiger partial charge in [0, 0.05) is 18.1 Å². The Morgan fingerprint density at radius 3 is 3.00 bits per heavy atom. The molecule has 72 valence electrons. The van der Waals surface area contributed by atoms with Gasteiger partial charge in [0.1, 0.15) is 5.15 Å². The van der Waals surface area contributed by atoms with Crippen molar-refractivity contribution in [2.75, 3.05) is 5.32 Å². The summed E-state index contributed by atoms with van der Waals surface area (Å²) in [5, 5.41) is 10.4. The summed E-state index contributed by atoms with van der Waals surface area (Å²) in [6.45, 7) is 0.695. The first-order chi connectivity index (χ1) is 6.84. The first-order valence-electron chi connectivity index (χ1n) is 4.18. The van der Waals surface area contributed by atoms with E-state index in [0.717, 1.165) is 11.4 Å². The molecule has 5 heteroatoms. The first kappa shape index (κ1) is 9.02. The van der Waals surface area contributed by atoms with E-state index >= 15 is 0 Å². The Morgan fingerprint density at radius 1 is 1.36 bits per heavy atom. The maximum Gasteiger partial charge on any atom is 0.131 e. The smallest absolute Gasteiger partial charge is 0.131 e. The Kier molecular flexibility index (Phi) is 2.65. The molecule has 0 bridgehead atoms. The van der Waals surface area contributed by atoms with Crippen LogP contribution in [0.15, 0.2) is 30.6 Å². The van der Waals surface area contributed by atoms with Crippen LogP contribution in [0.5, 0.6) is 0 Å². The van der Waals surface area contributed by atoms with Crippen molar-refractivity contribution in [1.29, 1.82) is 0 Å². The third kappa shape index (κ3) is 2.23. The first-order valence-corrected chi connectivity index (χ1v) is 4.56. The van der Waals surface area contributed by atoms with E-state index in [1.807, 2.05) is 12.1 Å². The molecule has 0 amide bonds. The van der Waals surface area contributed by atoms with Crippen LogP contribution in [-0.2, 0) is 6.54 Å². The third-order valence-electron chi connectivity index (χ3n) is 1.77. The normalized spacial score (nSPS) is 10.1. The molecule has 0 atom stereocenters. The van der Waals surface area contributed by atoms with Crippen LogP contribution in [0.1, 0.15) is 5.69 Å². The fourth-order valence-electron chi connectivity index (χ4n) is 1.09. The molecule has 2 aromatic heterocycles. The lowest BCUT2D eigenvalue weighted by molar-refractivity contribution is 0.981. The molecule has 4 nitrogen and oxygen atoms in total. The molecule has 0 spiro atoms. The van der Waals surface area contributed by atoms with Crippen LogP contribution >= 0.6 is 11.6 Å². The van der Waals surface area contributed by atoms with Crippen LogP contribution in [0.4, 0.5) is 5.69 Å². The van der Waals surface area contributed by atoms with Crippen molar-refractivity contribution in [2.45, 2.75) is 6.54 Å². The Hall–Kier alpha value is -1.55. The average molecular weight is 209 g/mol. The molecule has 2 heterocycles. The molecule has 0 saturated carbocycles. The van der Waals surface area contributed by atoms with E-state index in [0.29, 0.717) is 11.7 Å². The second kappa shape index (κ2) is 4.11. The number of H-pyrrole nitrogens is 1. The predicted octanol–water partition coefficient (Wildman–Crippen LogP) is 2.07. The second-order valence-corrected chi connectivity index (χ2v) is 3.19. The second-order valence-electron chi connectivity index (χ2n) is 2.80. The molecule has 0 aliphatic heterocycles. The van der Waals surface area contributed by atoms with Crippen molar-refractivity contribution in [3.8, 4) is 0 Å². The fourth-order valence-corrected chi connectivity index (χ4v) is 1.27. The molecule has 0 unspecified atom stereocenters. The van der Waals surface area contributed by atoms with E-state index in [1.54, 1.807) is 18.5 Å². The number of hydrogen-bond donors (Lipinski definition) is 2. The van der Waals surface area contributed by atoms with Crippen molar-refractivity contribution >= 4 is 17.3 Å². The summed E-state index contributed by atoms with van der Waals surface area (Å²) < 4.78 is 0. The van der Waals surface area contributed by atoms with E-state index < -0.39 is 0 Å². The minimum atomic E-state index is 0.486. The lowest BCUT2D eigenvalue weighted by atomic mass is 10.3. The summed E-state index contributed by atoms with van der Waals surface area (Å²) in [5.74, 6) is 0. The van der Waals surface area contributed by atoms with Crippen molar-refractivity contribution in [2.24, 2.45) is 0 Å². The highest BCUT2D eigenvalue weighted by atomic mass is 35.5. The zero-order chi connectivity index (χ0) is 9.80. The van der Waals surface area contributed by atoms with Gasteiger partial charge in [-0.15, -0.1) is 0 Å². The largest absolute Gasteiger partial charge is 0.379 e. The van der Waals surface area contributed by atoms with Crippen LogP contribution in [0.3, 0.4) is 0 Å². The molecule has 0 aliphatic carbocycles. The van der Waals surface area contributed by atoms with Crippen molar-refractivity contribution in [1.82, 2.24) is 15.2 Å². The Bertz CT molecular complexity index is 399. The number of anilines is 1. The summed E-state index contributed by atoms with van der Waals surface area (Å²) in [6.07, 6.45) is 3.38. The Labute approximate surface area is 86.3 Å². The quantitative estimate of drug-likeness (QED) is 0.760. The third-order valence-corrected chi connectivity index (χ3v) is 1.97. The SMILES string of the molecule is Clc1cc(NCc2ccn[nH]2)ccn1. The van der Waals surface area contributed by atoms with Gasteiger partial charge in [-0.25, -0.2) is 4.98 Å². The minimum Gasteiger partial charge on any atom is -0.379 e. The summed E-state index contributed by atoms with van der Waals surface area (Å²) >= 11 is 5.73. The maximum absolute atomic E-state index is 5.73. The van der Waals surface area contributed by atoms with Crippen LogP contribution in [0.25, 0.3) is 0 Å². The summed E-state index contributed by atoms with van der Waals surface area (Å²) in [7, 11) is 0. The Morgan fingerprint density at radius 2 is 2.29 bits per heavy atom. The predicted molar refractivity (Wildman–Crippen MR) is 55.2 cm³/mol. The van der Waals surface area contributed by atoms with Crippen LogP contribution < -0.4 is 5.32 Å². The van der Waals surface area contributed by atoms with Crippen molar-refractivity contribution in [3.05, 3.63) is 41.4 Å². The lowest BCUT2D eigenvalue weighted by Gasteiger charge is -2.03. The number of aromatic amines is 1. The molecule has 2 N–H and O–H groups in total. The topological polar surface area (TPSA) is 53.6 Å². The van der Waals surface area contributed by atoms with E-state index in [2.05, 4.69) is 20.5 Å². The van der Waals surface area contributed by atoms with Gasteiger partial charge >= 0.3 is 0 Å². The highest BCUT2D eigenvalue weighted by Gasteiger charge is 1.95. The van der Waals surface area contributed by atoms with Gasteiger partial charge < -0.3 is 5.32 Å². The maximum atomic E-state index is 5.73.